The summed E-state index contributed by atoms with van der Waals surface area (Å²) in [6.07, 6.45) is 11.4. The number of ether oxygens (including phenoxy) is 1. The molecule has 0 fully saturated rings. The van der Waals surface area contributed by atoms with Gasteiger partial charge in [-0.25, -0.2) is 0 Å². The molecule has 19 heavy (non-hydrogen) atoms. The second kappa shape index (κ2) is 14.5. The van der Waals surface area contributed by atoms with Gasteiger partial charge in [0.1, 0.15) is 6.10 Å². The van der Waals surface area contributed by atoms with Gasteiger partial charge >= 0.3 is 5.97 Å². The molecule has 0 aromatic heterocycles. The standard InChI is InChI=1S/C15H28Cl2O2/c1-2-3-4-5-6-7-8-9-10-11-15(18)19-14(12-16)13-17/h14H,2-13H2,1H3. The summed E-state index contributed by atoms with van der Waals surface area (Å²) in [6, 6.07) is 0. The Balaban J connectivity index is 3.27. The van der Waals surface area contributed by atoms with E-state index in [2.05, 4.69) is 6.92 Å². The maximum absolute atomic E-state index is 11.4. The van der Waals surface area contributed by atoms with Crippen LogP contribution in [0.2, 0.25) is 0 Å². The van der Waals surface area contributed by atoms with E-state index in [9.17, 15) is 4.79 Å². The van der Waals surface area contributed by atoms with Crippen LogP contribution in [0.5, 0.6) is 0 Å². The van der Waals surface area contributed by atoms with Crippen LogP contribution >= 0.6 is 23.2 Å². The van der Waals surface area contributed by atoms with E-state index >= 15 is 0 Å². The number of rotatable bonds is 13. The van der Waals surface area contributed by atoms with Crippen LogP contribution in [0.25, 0.3) is 0 Å². The first kappa shape index (κ1) is 19.1. The quantitative estimate of drug-likeness (QED) is 0.262. The Kier molecular flexibility index (Phi) is 14.5. The summed E-state index contributed by atoms with van der Waals surface area (Å²) in [7, 11) is 0. The Hall–Kier alpha value is 0.0500. The highest BCUT2D eigenvalue weighted by atomic mass is 35.5. The van der Waals surface area contributed by atoms with Gasteiger partial charge in [0.05, 0.1) is 11.8 Å². The van der Waals surface area contributed by atoms with Gasteiger partial charge in [-0.3, -0.25) is 4.79 Å². The molecule has 0 spiro atoms. The van der Waals surface area contributed by atoms with E-state index in [-0.39, 0.29) is 23.8 Å². The molecule has 0 heterocycles. The molecule has 4 heteroatoms. The van der Waals surface area contributed by atoms with Crippen LogP contribution in [0.3, 0.4) is 0 Å². The van der Waals surface area contributed by atoms with Crippen LogP contribution in [-0.2, 0) is 9.53 Å². The van der Waals surface area contributed by atoms with Crippen molar-refractivity contribution in [3.05, 3.63) is 0 Å². The number of halogens is 2. The largest absolute Gasteiger partial charge is 0.460 e. The molecule has 0 aliphatic heterocycles. The van der Waals surface area contributed by atoms with Gasteiger partial charge in [-0.05, 0) is 6.42 Å². The number of carbonyl (C=O) groups is 1. The van der Waals surface area contributed by atoms with Gasteiger partial charge in [-0.15, -0.1) is 23.2 Å². The van der Waals surface area contributed by atoms with Crippen LogP contribution in [0.4, 0.5) is 0 Å². The van der Waals surface area contributed by atoms with Gasteiger partial charge in [0.25, 0.3) is 0 Å². The first-order chi connectivity index (χ1) is 9.24. The first-order valence-corrected chi connectivity index (χ1v) is 8.62. The molecule has 0 bridgehead atoms. The van der Waals surface area contributed by atoms with Crippen molar-refractivity contribution in [1.29, 1.82) is 0 Å². The summed E-state index contributed by atoms with van der Waals surface area (Å²) in [5.74, 6) is 0.370. The third-order valence-corrected chi connectivity index (χ3v) is 3.82. The number of hydrogen-bond donors (Lipinski definition) is 0. The molecule has 0 aromatic rings. The minimum atomic E-state index is -0.339. The van der Waals surface area contributed by atoms with Crippen molar-refractivity contribution in [2.24, 2.45) is 0 Å². The Morgan fingerprint density at radius 1 is 0.895 bits per heavy atom. The third-order valence-electron chi connectivity index (χ3n) is 3.13. The minimum absolute atomic E-state index is 0.172. The normalized spacial score (nSPS) is 10.9. The predicted molar refractivity (Wildman–Crippen MR) is 83.2 cm³/mol. The molecule has 0 rings (SSSR count). The second-order valence-corrected chi connectivity index (χ2v) is 5.62. The second-order valence-electron chi connectivity index (χ2n) is 5.00. The maximum atomic E-state index is 11.4. The highest BCUT2D eigenvalue weighted by molar-refractivity contribution is 6.21. The van der Waals surface area contributed by atoms with Crippen LogP contribution in [0, 0.1) is 0 Å². The van der Waals surface area contributed by atoms with Crippen molar-refractivity contribution in [3.8, 4) is 0 Å². The highest BCUT2D eigenvalue weighted by Gasteiger charge is 2.11. The van der Waals surface area contributed by atoms with Gasteiger partial charge in [-0.2, -0.15) is 0 Å². The molecule has 0 aliphatic carbocycles. The average Bonchev–Trinajstić information content (AvgIpc) is 2.43. The Morgan fingerprint density at radius 3 is 1.84 bits per heavy atom. The molecule has 0 amide bonds. The van der Waals surface area contributed by atoms with E-state index in [4.69, 9.17) is 27.9 Å². The van der Waals surface area contributed by atoms with Gasteiger partial charge in [0, 0.05) is 6.42 Å². The Bertz CT molecular complexity index is 206. The fourth-order valence-electron chi connectivity index (χ4n) is 1.93. The molecule has 0 unspecified atom stereocenters. The lowest BCUT2D eigenvalue weighted by molar-refractivity contribution is -0.147. The van der Waals surface area contributed by atoms with Crippen LogP contribution in [-0.4, -0.2) is 23.8 Å². The Labute approximate surface area is 128 Å². The number of alkyl halides is 2. The summed E-state index contributed by atoms with van der Waals surface area (Å²) < 4.78 is 5.12. The number of carbonyl (C=O) groups excluding carboxylic acids is 1. The lowest BCUT2D eigenvalue weighted by Crippen LogP contribution is -2.21. The smallest absolute Gasteiger partial charge is 0.306 e. The van der Waals surface area contributed by atoms with Crippen molar-refractivity contribution in [2.75, 3.05) is 11.8 Å². The molecule has 0 saturated heterocycles. The molecular weight excluding hydrogens is 283 g/mol. The minimum Gasteiger partial charge on any atom is -0.460 e. The molecule has 0 saturated carbocycles. The molecule has 114 valence electrons. The van der Waals surface area contributed by atoms with Crippen molar-refractivity contribution in [1.82, 2.24) is 0 Å². The SMILES string of the molecule is CCCCCCCCCCCC(=O)OC(CCl)CCl. The maximum Gasteiger partial charge on any atom is 0.306 e. The zero-order valence-electron chi connectivity index (χ0n) is 12.1. The lowest BCUT2D eigenvalue weighted by Gasteiger charge is -2.11. The van der Waals surface area contributed by atoms with Crippen LogP contribution in [0.1, 0.15) is 71.1 Å². The fourth-order valence-corrected chi connectivity index (χ4v) is 2.38. The average molecular weight is 311 g/mol. The zero-order chi connectivity index (χ0) is 14.3. The number of hydrogen-bond acceptors (Lipinski definition) is 2. The first-order valence-electron chi connectivity index (χ1n) is 7.56. The summed E-state index contributed by atoms with van der Waals surface area (Å²) in [6.45, 7) is 2.23. The van der Waals surface area contributed by atoms with Crippen LogP contribution in [0.15, 0.2) is 0 Å². The molecule has 0 radical (unpaired) electrons. The molecule has 0 aliphatic rings. The number of unbranched alkanes of at least 4 members (excludes halogenated alkanes) is 8. The van der Waals surface area contributed by atoms with Crippen molar-refractivity contribution in [3.63, 3.8) is 0 Å². The van der Waals surface area contributed by atoms with Crippen LogP contribution < -0.4 is 0 Å². The van der Waals surface area contributed by atoms with Gasteiger partial charge in [0.2, 0.25) is 0 Å². The Morgan fingerprint density at radius 2 is 1.37 bits per heavy atom. The van der Waals surface area contributed by atoms with Crippen molar-refractivity contribution < 1.29 is 9.53 Å². The zero-order valence-corrected chi connectivity index (χ0v) is 13.6. The fraction of sp³-hybridized carbons (Fsp3) is 0.933. The summed E-state index contributed by atoms with van der Waals surface area (Å²) in [5, 5.41) is 0. The van der Waals surface area contributed by atoms with E-state index in [1.807, 2.05) is 0 Å². The molecule has 0 atom stereocenters. The molecular formula is C15H28Cl2O2. The molecule has 0 aromatic carbocycles. The van der Waals surface area contributed by atoms with Gasteiger partial charge in [0.15, 0.2) is 0 Å². The monoisotopic (exact) mass is 310 g/mol. The third kappa shape index (κ3) is 12.8. The number of esters is 1. The topological polar surface area (TPSA) is 26.3 Å². The summed E-state index contributed by atoms with van der Waals surface area (Å²) in [5.41, 5.74) is 0. The van der Waals surface area contributed by atoms with E-state index in [1.54, 1.807) is 0 Å². The summed E-state index contributed by atoms with van der Waals surface area (Å²) in [4.78, 5) is 11.4. The van der Waals surface area contributed by atoms with E-state index in [0.717, 1.165) is 12.8 Å². The van der Waals surface area contributed by atoms with Gasteiger partial charge in [-0.1, -0.05) is 58.3 Å². The molecule has 2 nitrogen and oxygen atoms in total. The molecule has 0 N–H and O–H groups in total. The lowest BCUT2D eigenvalue weighted by atomic mass is 10.1. The van der Waals surface area contributed by atoms with E-state index in [1.165, 1.54) is 44.9 Å². The van der Waals surface area contributed by atoms with E-state index < -0.39 is 0 Å². The van der Waals surface area contributed by atoms with Gasteiger partial charge < -0.3 is 4.74 Å². The van der Waals surface area contributed by atoms with Crippen molar-refractivity contribution in [2.45, 2.75) is 77.2 Å². The van der Waals surface area contributed by atoms with E-state index in [0.29, 0.717) is 6.42 Å². The highest BCUT2D eigenvalue weighted by Crippen LogP contribution is 2.11. The predicted octanol–water partition coefficient (Wildman–Crippen LogP) is 5.30. The summed E-state index contributed by atoms with van der Waals surface area (Å²) >= 11 is 11.2. The van der Waals surface area contributed by atoms with Crippen molar-refractivity contribution >= 4 is 29.2 Å².